The average molecular weight is 1100 g/mol. The second-order valence-corrected chi connectivity index (χ2v) is 24.5. The number of aliphatic hydroxyl groups is 1. The number of nitrogens with zero attached hydrogens (tertiary/aromatic N) is 8. The molecule has 6 aromatic rings. The Labute approximate surface area is 462 Å². The van der Waals surface area contributed by atoms with Gasteiger partial charge in [0.05, 0.1) is 23.9 Å². The Hall–Kier alpha value is -6.64. The number of thiophene rings is 1. The summed E-state index contributed by atoms with van der Waals surface area (Å²) in [5, 5.41) is 43.9. The smallest absolute Gasteiger partial charge is 0.248 e. The lowest BCUT2D eigenvalue weighted by molar-refractivity contribution is -0.144. The van der Waals surface area contributed by atoms with E-state index in [0.29, 0.717) is 42.6 Å². The van der Waals surface area contributed by atoms with Gasteiger partial charge in [-0.1, -0.05) is 104 Å². The fourth-order valence-electron chi connectivity index (χ4n) is 11.5. The Kier molecular flexibility index (Phi) is 14.7. The zero-order valence-electron chi connectivity index (χ0n) is 44.8. The van der Waals surface area contributed by atoms with E-state index in [2.05, 4.69) is 55.6 Å². The van der Waals surface area contributed by atoms with E-state index in [4.69, 9.17) is 21.3 Å². The summed E-state index contributed by atoms with van der Waals surface area (Å²) < 4.78 is 10.0. The molecule has 18 nitrogen and oxygen atoms in total. The molecule has 2 saturated heterocycles. The first-order valence-corrected chi connectivity index (χ1v) is 28.3. The van der Waals surface area contributed by atoms with Crippen LogP contribution in [-0.4, -0.2) is 126 Å². The number of nitrogens with one attached hydrogen (secondary N) is 4. The Balaban J connectivity index is 0.852. The molecule has 0 radical (unpaired) electrons. The fourth-order valence-corrected chi connectivity index (χ4v) is 12.8. The summed E-state index contributed by atoms with van der Waals surface area (Å²) >= 11 is 8.01. The van der Waals surface area contributed by atoms with Gasteiger partial charge in [0.1, 0.15) is 47.3 Å². The van der Waals surface area contributed by atoms with Crippen molar-refractivity contribution in [2.24, 2.45) is 16.3 Å². The Morgan fingerprint density at radius 1 is 0.936 bits per heavy atom. The van der Waals surface area contributed by atoms with Crippen molar-refractivity contribution in [3.63, 3.8) is 0 Å². The zero-order chi connectivity index (χ0) is 54.6. The molecule has 2 bridgehead atoms. The van der Waals surface area contributed by atoms with Crippen molar-refractivity contribution in [1.82, 2.24) is 55.9 Å². The van der Waals surface area contributed by atoms with Crippen LogP contribution in [0.15, 0.2) is 90.1 Å². The van der Waals surface area contributed by atoms with Gasteiger partial charge in [-0.2, -0.15) is 0 Å². The van der Waals surface area contributed by atoms with Gasteiger partial charge < -0.3 is 30.7 Å². The van der Waals surface area contributed by atoms with Crippen molar-refractivity contribution in [1.29, 1.82) is 0 Å². The summed E-state index contributed by atoms with van der Waals surface area (Å²) in [4.78, 5) is 66.0. The first-order valence-electron chi connectivity index (χ1n) is 27.1. The summed E-state index contributed by atoms with van der Waals surface area (Å²) in [6, 6.07) is 21.9. The molecule has 3 aromatic carbocycles. The first kappa shape index (κ1) is 53.4. The number of benzene rings is 3. The summed E-state index contributed by atoms with van der Waals surface area (Å²) in [5.41, 5.74) is 6.40. The number of carbonyl (C=O) groups excluding carboxylic acids is 4. The topological polar surface area (TPSA) is 226 Å². The van der Waals surface area contributed by atoms with Crippen LogP contribution >= 0.6 is 22.9 Å². The van der Waals surface area contributed by atoms with E-state index < -0.39 is 41.6 Å². The van der Waals surface area contributed by atoms with Crippen molar-refractivity contribution in [3.8, 4) is 16.1 Å². The molecule has 8 atom stereocenters. The number of amides is 4. The van der Waals surface area contributed by atoms with Gasteiger partial charge in [0.15, 0.2) is 5.82 Å². The van der Waals surface area contributed by atoms with Crippen LogP contribution in [0.2, 0.25) is 5.02 Å². The molecule has 78 heavy (non-hydrogen) atoms. The zero-order valence-corrected chi connectivity index (χ0v) is 46.4. The van der Waals surface area contributed by atoms with Crippen LogP contribution in [0.3, 0.4) is 0 Å². The molecule has 1 aliphatic carbocycles. The Morgan fingerprint density at radius 2 is 1.67 bits per heavy atom. The number of aryl methyl sites for hydroxylation is 2. The number of fused-ring (bicyclic) bond motifs is 8. The monoisotopic (exact) mass is 1090 g/mol. The number of epoxide rings is 1. The van der Waals surface area contributed by atoms with Gasteiger partial charge in [0.2, 0.25) is 23.6 Å². The molecule has 2 unspecified atom stereocenters. The van der Waals surface area contributed by atoms with Crippen LogP contribution in [0.4, 0.5) is 0 Å². The molecule has 3 aromatic heterocycles. The predicted octanol–water partition coefficient (Wildman–Crippen LogP) is 6.41. The summed E-state index contributed by atoms with van der Waals surface area (Å²) in [7, 11) is 0. The van der Waals surface area contributed by atoms with E-state index in [0.717, 1.165) is 67.5 Å². The molecular weight excluding hydrogens is 1030 g/mol. The van der Waals surface area contributed by atoms with E-state index in [9.17, 15) is 24.3 Å². The Morgan fingerprint density at radius 3 is 2.40 bits per heavy atom. The molecule has 4 aliphatic heterocycles. The number of aromatic nitrogens is 6. The van der Waals surface area contributed by atoms with E-state index in [1.165, 1.54) is 4.90 Å². The van der Waals surface area contributed by atoms with Crippen molar-refractivity contribution in [3.05, 3.63) is 135 Å². The standard InChI is InChI=1S/C58H67ClN12O6S/c1-32-33(2)78-56-47(32)48(38-18-20-40(59)21-19-38)63-42(51-67-65-34(3)71(51)56)27-46(73)61-28-39-13-10-24-60-52(74)43(25-35-14-16-37(17-15-35)36-11-8-7-9-12-36)64-53(75)44-26-41(72)29-69(44)55(76)50(57(4,5)6)70-30-45(66-68-70)58(22-23-58)31-62-54-49(39)77-54/h7-9,11-12,14-21,30,39,41-44,49-50,54,62,72H,10,13,22-29,31H2,1-6H3,(H,60,74)(H,61,73)(H,64,75)/t39-,41-,42+,43-,44+,49?,50-,54?/m1/s1. The third-order valence-corrected chi connectivity index (χ3v) is 17.6. The molecule has 4 amide bonds. The second kappa shape index (κ2) is 21.5. The number of ether oxygens (including phenoxy) is 1. The molecule has 408 valence electrons. The first-order chi connectivity index (χ1) is 37.4. The molecular formula is C58H67ClN12O6S. The predicted molar refractivity (Wildman–Crippen MR) is 296 cm³/mol. The fraction of sp³-hybridized carbons (Fsp3) is 0.466. The van der Waals surface area contributed by atoms with Gasteiger partial charge in [0, 0.05) is 77.6 Å². The number of carbonyl (C=O) groups is 4. The molecule has 1 spiro atoms. The SMILES string of the molecule is Cc1sc2c(c1C)C(c1ccc(Cl)cc1)=N[C@@H](CC(=O)NC[C@H]1CCCNC(=O)[C@@H](Cc3ccc(-c4ccccc4)cc3)NC(=O)[C@@H]3C[C@@H](O)CN3C(=O)[C@H](C(C)(C)C)n3cc(nn3)C3(CC3)CNC3OC31)c1nnc(C)n1-2. The number of hydrogen-bond acceptors (Lipinski definition) is 13. The van der Waals surface area contributed by atoms with Gasteiger partial charge in [-0.3, -0.25) is 34.1 Å². The average Bonchev–Trinajstić information content (AvgIpc) is 4.35. The number of halogens is 1. The maximum Gasteiger partial charge on any atom is 0.248 e. The third kappa shape index (κ3) is 10.9. The highest BCUT2D eigenvalue weighted by Gasteiger charge is 2.52. The minimum atomic E-state index is -1.03. The van der Waals surface area contributed by atoms with Crippen LogP contribution in [-0.2, 0) is 35.8 Å². The number of aliphatic hydroxyl groups excluding tert-OH is 1. The highest BCUT2D eigenvalue weighted by atomic mass is 35.5. The number of aliphatic imine (C=N–C) groups is 1. The van der Waals surface area contributed by atoms with E-state index in [-0.39, 0.29) is 73.7 Å². The second-order valence-electron chi connectivity index (χ2n) is 22.9. The lowest BCUT2D eigenvalue weighted by atomic mass is 9.85. The summed E-state index contributed by atoms with van der Waals surface area (Å²) in [6.45, 7) is 13.0. The summed E-state index contributed by atoms with van der Waals surface area (Å²) in [5.74, 6) is -0.330. The van der Waals surface area contributed by atoms with Crippen LogP contribution in [0.25, 0.3) is 16.1 Å². The molecule has 11 rings (SSSR count). The van der Waals surface area contributed by atoms with Crippen LogP contribution in [0, 0.1) is 32.1 Å². The van der Waals surface area contributed by atoms with Crippen molar-refractivity contribution < 1.29 is 29.0 Å². The highest BCUT2D eigenvalue weighted by molar-refractivity contribution is 7.15. The molecule has 5 aliphatic rings. The number of rotatable bonds is 8. The highest BCUT2D eigenvalue weighted by Crippen LogP contribution is 2.48. The van der Waals surface area contributed by atoms with E-state index >= 15 is 0 Å². The quantitative estimate of drug-likeness (QED) is 0.105. The van der Waals surface area contributed by atoms with Gasteiger partial charge in [-0.15, -0.1) is 26.6 Å². The van der Waals surface area contributed by atoms with Gasteiger partial charge in [-0.05, 0) is 86.3 Å². The van der Waals surface area contributed by atoms with Crippen LogP contribution in [0.5, 0.6) is 0 Å². The van der Waals surface area contributed by atoms with E-state index in [1.807, 2.05) is 117 Å². The van der Waals surface area contributed by atoms with Gasteiger partial charge >= 0.3 is 0 Å². The van der Waals surface area contributed by atoms with E-state index in [1.54, 1.807) is 16.0 Å². The third-order valence-electron chi connectivity index (χ3n) is 16.2. The van der Waals surface area contributed by atoms with Crippen molar-refractivity contribution >= 4 is 52.3 Å². The van der Waals surface area contributed by atoms with Crippen molar-refractivity contribution in [2.75, 3.05) is 26.2 Å². The lowest BCUT2D eigenvalue weighted by Gasteiger charge is -2.35. The lowest BCUT2D eigenvalue weighted by Crippen LogP contribution is -2.55. The molecule has 20 heteroatoms. The molecule has 1 saturated carbocycles. The molecule has 5 N–H and O–H groups in total. The summed E-state index contributed by atoms with van der Waals surface area (Å²) in [6.07, 6.45) is 3.46. The maximum atomic E-state index is 14.8. The minimum absolute atomic E-state index is 0.0166. The van der Waals surface area contributed by atoms with Crippen LogP contribution in [0.1, 0.15) is 116 Å². The Bertz CT molecular complexity index is 3250. The largest absolute Gasteiger partial charge is 0.391 e. The van der Waals surface area contributed by atoms with Crippen molar-refractivity contribution in [2.45, 2.75) is 135 Å². The number of hydrogen-bond donors (Lipinski definition) is 5. The maximum absolute atomic E-state index is 14.8. The van der Waals surface area contributed by atoms with Gasteiger partial charge in [0.25, 0.3) is 0 Å². The molecule has 3 fully saturated rings. The minimum Gasteiger partial charge on any atom is -0.391 e. The van der Waals surface area contributed by atoms with Crippen LogP contribution < -0.4 is 21.3 Å². The normalized spacial score (nSPS) is 25.3. The van der Waals surface area contributed by atoms with Gasteiger partial charge in [-0.25, -0.2) is 4.68 Å². The molecule has 7 heterocycles.